The van der Waals surface area contributed by atoms with Gasteiger partial charge >= 0.3 is 0 Å². The van der Waals surface area contributed by atoms with Crippen LogP contribution in [-0.4, -0.2) is 0 Å². The lowest BCUT2D eigenvalue weighted by Crippen LogP contribution is -2.04. The van der Waals surface area contributed by atoms with E-state index in [1.165, 1.54) is 0 Å². The van der Waals surface area contributed by atoms with Gasteiger partial charge in [0.05, 0.1) is 6.04 Å². The molecule has 0 fully saturated rings. The van der Waals surface area contributed by atoms with E-state index in [4.69, 9.17) is 10.2 Å². The van der Waals surface area contributed by atoms with Crippen molar-refractivity contribution < 1.29 is 8.81 Å². The Morgan fingerprint density at radius 3 is 2.60 bits per heavy atom. The predicted octanol–water partition coefficient (Wildman–Crippen LogP) is 3.21. The standard InChI is InChI=1S/C12H14FNO/c1-6-4-5-9-7(2)11(8(3)14)15-12(9)10(6)13/h4-5,8H,14H2,1-3H3. The Morgan fingerprint density at radius 2 is 2.00 bits per heavy atom. The predicted molar refractivity (Wildman–Crippen MR) is 58.2 cm³/mol. The molecule has 2 rings (SSSR count). The van der Waals surface area contributed by atoms with Gasteiger partial charge in [0, 0.05) is 10.9 Å². The molecule has 0 aliphatic heterocycles. The first-order valence-corrected chi connectivity index (χ1v) is 4.96. The molecular formula is C12H14FNO. The van der Waals surface area contributed by atoms with E-state index in [2.05, 4.69) is 0 Å². The van der Waals surface area contributed by atoms with Crippen LogP contribution in [0.25, 0.3) is 11.0 Å². The molecule has 15 heavy (non-hydrogen) atoms. The zero-order valence-corrected chi connectivity index (χ0v) is 9.10. The van der Waals surface area contributed by atoms with Gasteiger partial charge in [0.1, 0.15) is 5.76 Å². The van der Waals surface area contributed by atoms with Crippen LogP contribution in [0, 0.1) is 19.7 Å². The maximum atomic E-state index is 13.7. The molecule has 2 N–H and O–H groups in total. The number of rotatable bonds is 1. The summed E-state index contributed by atoms with van der Waals surface area (Å²) in [6, 6.07) is 3.42. The molecule has 1 aromatic carbocycles. The summed E-state index contributed by atoms with van der Waals surface area (Å²) < 4.78 is 19.2. The molecule has 1 aromatic heterocycles. The van der Waals surface area contributed by atoms with E-state index in [1.54, 1.807) is 13.0 Å². The highest BCUT2D eigenvalue weighted by Gasteiger charge is 2.17. The monoisotopic (exact) mass is 207 g/mol. The van der Waals surface area contributed by atoms with Gasteiger partial charge in [0.15, 0.2) is 11.4 Å². The third-order valence-electron chi connectivity index (χ3n) is 2.69. The van der Waals surface area contributed by atoms with Crippen molar-refractivity contribution in [2.75, 3.05) is 0 Å². The highest BCUT2D eigenvalue weighted by molar-refractivity contribution is 5.83. The van der Waals surface area contributed by atoms with Crippen LogP contribution >= 0.6 is 0 Å². The first-order chi connectivity index (χ1) is 7.02. The largest absolute Gasteiger partial charge is 0.456 e. The molecule has 2 aromatic rings. The molecule has 0 saturated heterocycles. The van der Waals surface area contributed by atoms with Gasteiger partial charge < -0.3 is 10.2 Å². The molecule has 1 atom stereocenters. The maximum absolute atomic E-state index is 13.7. The molecule has 0 bridgehead atoms. The zero-order valence-electron chi connectivity index (χ0n) is 9.10. The third kappa shape index (κ3) is 1.43. The lowest BCUT2D eigenvalue weighted by molar-refractivity contribution is 0.488. The van der Waals surface area contributed by atoms with Crippen molar-refractivity contribution >= 4 is 11.0 Å². The number of aryl methyl sites for hydroxylation is 2. The molecule has 0 amide bonds. The second-order valence-corrected chi connectivity index (χ2v) is 3.95. The van der Waals surface area contributed by atoms with E-state index in [9.17, 15) is 4.39 Å². The molecule has 80 valence electrons. The van der Waals surface area contributed by atoms with Crippen LogP contribution in [-0.2, 0) is 0 Å². The number of fused-ring (bicyclic) bond motifs is 1. The Hall–Kier alpha value is -1.35. The molecule has 0 saturated carbocycles. The van der Waals surface area contributed by atoms with Crippen LogP contribution in [0.5, 0.6) is 0 Å². The van der Waals surface area contributed by atoms with Crippen LogP contribution < -0.4 is 5.73 Å². The molecule has 0 spiro atoms. The van der Waals surface area contributed by atoms with Gasteiger partial charge in [-0.05, 0) is 26.3 Å². The minimum atomic E-state index is -0.289. The Labute approximate surface area is 87.9 Å². The number of hydrogen-bond donors (Lipinski definition) is 1. The van der Waals surface area contributed by atoms with Crippen LogP contribution in [0.4, 0.5) is 4.39 Å². The fourth-order valence-corrected chi connectivity index (χ4v) is 1.80. The van der Waals surface area contributed by atoms with Gasteiger partial charge in [0.2, 0.25) is 0 Å². The fraction of sp³-hybridized carbons (Fsp3) is 0.333. The average molecular weight is 207 g/mol. The topological polar surface area (TPSA) is 39.2 Å². The molecule has 0 aliphatic rings. The molecule has 1 unspecified atom stereocenters. The van der Waals surface area contributed by atoms with E-state index >= 15 is 0 Å². The molecule has 0 aliphatic carbocycles. The Morgan fingerprint density at radius 1 is 1.33 bits per heavy atom. The minimum Gasteiger partial charge on any atom is -0.456 e. The summed E-state index contributed by atoms with van der Waals surface area (Å²) in [5.74, 6) is 0.372. The summed E-state index contributed by atoms with van der Waals surface area (Å²) >= 11 is 0. The highest BCUT2D eigenvalue weighted by atomic mass is 19.1. The summed E-state index contributed by atoms with van der Waals surface area (Å²) in [5.41, 5.74) is 7.59. The lowest BCUT2D eigenvalue weighted by Gasteiger charge is -2.00. The number of halogens is 1. The fourth-order valence-electron chi connectivity index (χ4n) is 1.80. The van der Waals surface area contributed by atoms with Gasteiger partial charge in [-0.3, -0.25) is 0 Å². The highest BCUT2D eigenvalue weighted by Crippen LogP contribution is 2.31. The average Bonchev–Trinajstić information content (AvgIpc) is 2.51. The lowest BCUT2D eigenvalue weighted by atomic mass is 10.1. The van der Waals surface area contributed by atoms with Crippen LogP contribution in [0.3, 0.4) is 0 Å². The van der Waals surface area contributed by atoms with Crippen molar-refractivity contribution in [3.63, 3.8) is 0 Å². The molecule has 0 radical (unpaired) electrons. The van der Waals surface area contributed by atoms with E-state index in [0.29, 0.717) is 16.9 Å². The third-order valence-corrected chi connectivity index (χ3v) is 2.69. The second-order valence-electron chi connectivity index (χ2n) is 3.95. The number of benzene rings is 1. The summed E-state index contributed by atoms with van der Waals surface area (Å²) in [7, 11) is 0. The Balaban J connectivity index is 2.82. The first-order valence-electron chi connectivity index (χ1n) is 4.96. The molecule has 3 heteroatoms. The summed E-state index contributed by atoms with van der Waals surface area (Å²) in [4.78, 5) is 0. The van der Waals surface area contributed by atoms with Crippen molar-refractivity contribution in [1.82, 2.24) is 0 Å². The summed E-state index contributed by atoms with van der Waals surface area (Å²) in [6.45, 7) is 5.45. The normalized spacial score (nSPS) is 13.4. The quantitative estimate of drug-likeness (QED) is 0.779. The summed E-state index contributed by atoms with van der Waals surface area (Å²) in [6.07, 6.45) is 0. The van der Waals surface area contributed by atoms with E-state index < -0.39 is 0 Å². The smallest absolute Gasteiger partial charge is 0.170 e. The van der Waals surface area contributed by atoms with Crippen LogP contribution in [0.2, 0.25) is 0 Å². The van der Waals surface area contributed by atoms with E-state index in [0.717, 1.165) is 10.9 Å². The Kier molecular flexibility index (Phi) is 2.27. The zero-order chi connectivity index (χ0) is 11.2. The van der Waals surface area contributed by atoms with Crippen molar-refractivity contribution in [1.29, 1.82) is 0 Å². The second kappa shape index (κ2) is 3.35. The van der Waals surface area contributed by atoms with Gasteiger partial charge in [-0.25, -0.2) is 4.39 Å². The summed E-state index contributed by atoms with van der Waals surface area (Å²) in [5, 5.41) is 0.811. The first kappa shape index (κ1) is 10.2. The van der Waals surface area contributed by atoms with Gasteiger partial charge in [-0.15, -0.1) is 0 Å². The van der Waals surface area contributed by atoms with Crippen LogP contribution in [0.15, 0.2) is 16.5 Å². The van der Waals surface area contributed by atoms with Gasteiger partial charge in [-0.1, -0.05) is 12.1 Å². The molecule has 2 nitrogen and oxygen atoms in total. The van der Waals surface area contributed by atoms with Crippen LogP contribution in [0.1, 0.15) is 29.9 Å². The van der Waals surface area contributed by atoms with Crippen molar-refractivity contribution in [3.8, 4) is 0 Å². The van der Waals surface area contributed by atoms with Crippen molar-refractivity contribution in [2.45, 2.75) is 26.8 Å². The number of hydrogen-bond acceptors (Lipinski definition) is 2. The van der Waals surface area contributed by atoms with Gasteiger partial charge in [-0.2, -0.15) is 0 Å². The van der Waals surface area contributed by atoms with Gasteiger partial charge in [0.25, 0.3) is 0 Å². The number of nitrogens with two attached hydrogens (primary N) is 1. The SMILES string of the molecule is Cc1ccc2c(C)c(C(C)N)oc2c1F. The minimum absolute atomic E-state index is 0.211. The van der Waals surface area contributed by atoms with Crippen molar-refractivity contribution in [2.24, 2.45) is 5.73 Å². The number of furan rings is 1. The molecule has 1 heterocycles. The Bertz CT molecular complexity index is 514. The van der Waals surface area contributed by atoms with E-state index in [-0.39, 0.29) is 11.9 Å². The maximum Gasteiger partial charge on any atom is 0.170 e. The van der Waals surface area contributed by atoms with E-state index in [1.807, 2.05) is 19.9 Å². The molecular weight excluding hydrogens is 193 g/mol. The van der Waals surface area contributed by atoms with Crippen molar-refractivity contribution in [3.05, 3.63) is 34.8 Å².